The minimum atomic E-state index is -0.645. The standard InChI is InChI=1S/C24H41NO4/c1-16-28-15-24(5)19-8-11-22(2,3)18(23(19,4)12-9-20(24)29-16)10-14-25-13-6-7-17(25)21(26)27/h16-20H,6-15H2,1-5H3,(H,26,27)/t16-,17+,18-,19?,20-,23+,24+/m1/s1. The first-order valence-corrected chi connectivity index (χ1v) is 11.8. The van der Waals surface area contributed by atoms with Crippen molar-refractivity contribution in [1.82, 2.24) is 4.90 Å². The van der Waals surface area contributed by atoms with Crippen LogP contribution in [0.4, 0.5) is 0 Å². The maximum atomic E-state index is 11.6. The molecule has 2 aliphatic heterocycles. The quantitative estimate of drug-likeness (QED) is 0.741. The number of carboxylic acid groups (broad SMARTS) is 1. The number of hydrogen-bond donors (Lipinski definition) is 1. The van der Waals surface area contributed by atoms with Gasteiger partial charge >= 0.3 is 5.97 Å². The smallest absolute Gasteiger partial charge is 0.320 e. The fraction of sp³-hybridized carbons (Fsp3) is 0.958. The van der Waals surface area contributed by atoms with Crippen LogP contribution in [0.1, 0.15) is 79.6 Å². The van der Waals surface area contributed by atoms with E-state index in [1.807, 2.05) is 6.92 Å². The van der Waals surface area contributed by atoms with Crippen LogP contribution < -0.4 is 0 Å². The Kier molecular flexibility index (Phi) is 5.57. The first-order chi connectivity index (χ1) is 13.6. The lowest BCUT2D eigenvalue weighted by Gasteiger charge is -2.65. The second-order valence-electron chi connectivity index (χ2n) is 11.5. The molecule has 4 fully saturated rings. The highest BCUT2D eigenvalue weighted by molar-refractivity contribution is 5.73. The maximum absolute atomic E-state index is 11.6. The van der Waals surface area contributed by atoms with Crippen molar-refractivity contribution in [3.8, 4) is 0 Å². The summed E-state index contributed by atoms with van der Waals surface area (Å²) in [6.45, 7) is 14.5. The highest BCUT2D eigenvalue weighted by Gasteiger charge is 2.62. The summed E-state index contributed by atoms with van der Waals surface area (Å²) in [6.07, 6.45) is 7.94. The van der Waals surface area contributed by atoms with E-state index >= 15 is 0 Å². The Hall–Kier alpha value is -0.650. The number of nitrogens with zero attached hydrogens (tertiary/aromatic N) is 1. The third kappa shape index (κ3) is 3.55. The molecule has 5 heteroatoms. The molecule has 2 saturated carbocycles. The zero-order chi connectivity index (χ0) is 21.0. The molecule has 2 heterocycles. The SMILES string of the molecule is C[C@@H]1OC[C@@]2(C)C3CCC(C)(C)[C@@H](CCN4CCC[C@H]4C(=O)O)[C@]3(C)CC[C@H]2O1. The topological polar surface area (TPSA) is 59.0 Å². The average Bonchev–Trinajstić information content (AvgIpc) is 3.10. The number of fused-ring (bicyclic) bond motifs is 3. The summed E-state index contributed by atoms with van der Waals surface area (Å²) < 4.78 is 12.3. The molecule has 0 aromatic carbocycles. The van der Waals surface area contributed by atoms with Crippen LogP contribution in [0, 0.1) is 28.1 Å². The minimum absolute atomic E-state index is 0.0867. The van der Waals surface area contributed by atoms with E-state index in [0.29, 0.717) is 17.9 Å². The van der Waals surface area contributed by atoms with E-state index < -0.39 is 5.97 Å². The lowest BCUT2D eigenvalue weighted by atomic mass is 9.42. The van der Waals surface area contributed by atoms with Gasteiger partial charge in [0.25, 0.3) is 0 Å². The molecule has 0 amide bonds. The first kappa shape index (κ1) is 21.6. The van der Waals surface area contributed by atoms with E-state index in [-0.39, 0.29) is 28.6 Å². The molecular weight excluding hydrogens is 366 g/mol. The van der Waals surface area contributed by atoms with Gasteiger partial charge in [-0.15, -0.1) is 0 Å². The Balaban J connectivity index is 1.55. The molecule has 29 heavy (non-hydrogen) atoms. The second-order valence-corrected chi connectivity index (χ2v) is 11.5. The number of carbonyl (C=O) groups is 1. The summed E-state index contributed by atoms with van der Waals surface area (Å²) in [4.78, 5) is 13.9. The van der Waals surface area contributed by atoms with Gasteiger partial charge in [0, 0.05) is 5.41 Å². The van der Waals surface area contributed by atoms with Crippen molar-refractivity contribution in [3.05, 3.63) is 0 Å². The van der Waals surface area contributed by atoms with Crippen molar-refractivity contribution < 1.29 is 19.4 Å². The van der Waals surface area contributed by atoms with E-state index in [1.165, 1.54) is 19.3 Å². The summed E-state index contributed by atoms with van der Waals surface area (Å²) in [5.74, 6) is 0.558. The molecular formula is C24H41NO4. The Morgan fingerprint density at radius 1 is 1.10 bits per heavy atom. The molecule has 4 rings (SSSR count). The Morgan fingerprint density at radius 3 is 2.59 bits per heavy atom. The predicted molar refractivity (Wildman–Crippen MR) is 113 cm³/mol. The summed E-state index contributed by atoms with van der Waals surface area (Å²) in [5, 5.41) is 9.58. The number of ether oxygens (including phenoxy) is 2. The van der Waals surface area contributed by atoms with Crippen molar-refractivity contribution in [3.63, 3.8) is 0 Å². The Bertz CT molecular complexity index is 636. The first-order valence-electron chi connectivity index (χ1n) is 11.8. The highest BCUT2D eigenvalue weighted by atomic mass is 16.7. The van der Waals surface area contributed by atoms with Gasteiger partial charge in [0.2, 0.25) is 0 Å². The molecule has 0 bridgehead atoms. The average molecular weight is 408 g/mol. The van der Waals surface area contributed by atoms with Crippen LogP contribution in [0.2, 0.25) is 0 Å². The molecule has 2 saturated heterocycles. The number of carboxylic acids is 1. The molecule has 2 aliphatic carbocycles. The van der Waals surface area contributed by atoms with Crippen LogP contribution in [-0.2, 0) is 14.3 Å². The molecule has 1 N–H and O–H groups in total. The van der Waals surface area contributed by atoms with Crippen molar-refractivity contribution >= 4 is 5.97 Å². The van der Waals surface area contributed by atoms with Gasteiger partial charge in [-0.1, -0.05) is 27.7 Å². The van der Waals surface area contributed by atoms with Gasteiger partial charge < -0.3 is 14.6 Å². The molecule has 1 unspecified atom stereocenters. The molecule has 0 aromatic rings. The van der Waals surface area contributed by atoms with E-state index in [2.05, 4.69) is 32.6 Å². The van der Waals surface area contributed by atoms with Crippen LogP contribution in [0.25, 0.3) is 0 Å². The van der Waals surface area contributed by atoms with E-state index in [9.17, 15) is 9.90 Å². The largest absolute Gasteiger partial charge is 0.480 e. The van der Waals surface area contributed by atoms with Gasteiger partial charge in [0.15, 0.2) is 6.29 Å². The predicted octanol–water partition coefficient (Wildman–Crippen LogP) is 4.55. The van der Waals surface area contributed by atoms with E-state index in [0.717, 1.165) is 45.4 Å². The van der Waals surface area contributed by atoms with Crippen LogP contribution in [0.3, 0.4) is 0 Å². The molecule has 0 radical (unpaired) electrons. The van der Waals surface area contributed by atoms with Crippen LogP contribution in [-0.4, -0.2) is 54.1 Å². The van der Waals surface area contributed by atoms with Crippen molar-refractivity contribution in [2.75, 3.05) is 19.7 Å². The normalized spacial score (nSPS) is 47.4. The van der Waals surface area contributed by atoms with Gasteiger partial charge in [0.05, 0.1) is 12.7 Å². The summed E-state index contributed by atoms with van der Waals surface area (Å²) in [6, 6.07) is -0.278. The fourth-order valence-corrected chi connectivity index (χ4v) is 7.96. The molecule has 7 atom stereocenters. The molecule has 0 spiro atoms. The van der Waals surface area contributed by atoms with Gasteiger partial charge in [-0.05, 0) is 87.6 Å². The molecule has 5 nitrogen and oxygen atoms in total. The lowest BCUT2D eigenvalue weighted by Crippen LogP contribution is -2.63. The summed E-state index contributed by atoms with van der Waals surface area (Å²) in [5.41, 5.74) is 0.640. The molecule has 4 aliphatic rings. The number of likely N-dealkylation sites (tertiary alicyclic amines) is 1. The van der Waals surface area contributed by atoms with Gasteiger partial charge in [-0.25, -0.2) is 0 Å². The van der Waals surface area contributed by atoms with E-state index in [4.69, 9.17) is 9.47 Å². The van der Waals surface area contributed by atoms with Crippen molar-refractivity contribution in [2.24, 2.45) is 28.1 Å². The van der Waals surface area contributed by atoms with Gasteiger partial charge in [-0.2, -0.15) is 0 Å². The molecule has 0 aromatic heterocycles. The third-order valence-corrected chi connectivity index (χ3v) is 9.43. The van der Waals surface area contributed by atoms with Crippen LogP contribution in [0.15, 0.2) is 0 Å². The van der Waals surface area contributed by atoms with Crippen LogP contribution >= 0.6 is 0 Å². The summed E-state index contributed by atoms with van der Waals surface area (Å²) >= 11 is 0. The number of aliphatic carboxylic acids is 1. The second kappa shape index (κ2) is 7.49. The zero-order valence-corrected chi connectivity index (χ0v) is 19.1. The molecule has 166 valence electrons. The number of rotatable bonds is 4. The van der Waals surface area contributed by atoms with Gasteiger partial charge in [0.1, 0.15) is 6.04 Å². The Morgan fingerprint density at radius 2 is 1.86 bits per heavy atom. The highest BCUT2D eigenvalue weighted by Crippen LogP contribution is 2.66. The van der Waals surface area contributed by atoms with Crippen LogP contribution in [0.5, 0.6) is 0 Å². The van der Waals surface area contributed by atoms with E-state index in [1.54, 1.807) is 0 Å². The van der Waals surface area contributed by atoms with Gasteiger partial charge in [-0.3, -0.25) is 9.69 Å². The Labute approximate surface area is 176 Å². The fourth-order valence-electron chi connectivity index (χ4n) is 7.96. The number of hydrogen-bond acceptors (Lipinski definition) is 4. The summed E-state index contributed by atoms with van der Waals surface area (Å²) in [7, 11) is 0. The zero-order valence-electron chi connectivity index (χ0n) is 19.1. The van der Waals surface area contributed by atoms with Crippen molar-refractivity contribution in [1.29, 1.82) is 0 Å². The lowest BCUT2D eigenvalue weighted by molar-refractivity contribution is -0.304. The maximum Gasteiger partial charge on any atom is 0.320 e. The third-order valence-electron chi connectivity index (χ3n) is 9.43. The van der Waals surface area contributed by atoms with Crippen molar-refractivity contribution in [2.45, 2.75) is 98.0 Å². The minimum Gasteiger partial charge on any atom is -0.480 e. The monoisotopic (exact) mass is 407 g/mol.